The fraction of sp³-hybridized carbons (Fsp3) is 0.333. The number of fused-ring (bicyclic) bond motifs is 2. The Labute approximate surface area is 164 Å². The van der Waals surface area contributed by atoms with Gasteiger partial charge in [-0.15, -0.1) is 0 Å². The Morgan fingerprint density at radius 1 is 1.11 bits per heavy atom. The minimum atomic E-state index is -0.325. The SMILES string of the molecule is CC(=O)Oc1ccc2c(c1)Sc1ccccc1N2CC(C)CN(C)C(C)=O. The zero-order valence-electron chi connectivity index (χ0n) is 16.1. The first kappa shape index (κ1) is 19.3. The molecule has 0 fully saturated rings. The summed E-state index contributed by atoms with van der Waals surface area (Å²) in [7, 11) is 1.83. The van der Waals surface area contributed by atoms with E-state index in [0.717, 1.165) is 27.7 Å². The van der Waals surface area contributed by atoms with Crippen LogP contribution in [0.3, 0.4) is 0 Å². The maximum absolute atomic E-state index is 11.6. The number of para-hydroxylation sites is 1. The third-order valence-corrected chi connectivity index (χ3v) is 5.59. The second-order valence-corrected chi connectivity index (χ2v) is 7.99. The van der Waals surface area contributed by atoms with Crippen LogP contribution < -0.4 is 9.64 Å². The van der Waals surface area contributed by atoms with Crippen molar-refractivity contribution in [2.24, 2.45) is 5.92 Å². The number of anilines is 2. The third kappa shape index (κ3) is 4.45. The van der Waals surface area contributed by atoms with E-state index in [1.807, 2.05) is 37.4 Å². The van der Waals surface area contributed by atoms with Crippen molar-refractivity contribution in [2.75, 3.05) is 25.0 Å². The molecule has 142 valence electrons. The molecule has 6 heteroatoms. The van der Waals surface area contributed by atoms with Gasteiger partial charge in [-0.2, -0.15) is 0 Å². The Bertz CT molecular complexity index is 868. The van der Waals surface area contributed by atoms with Crippen LogP contribution in [-0.4, -0.2) is 36.9 Å². The van der Waals surface area contributed by atoms with Gasteiger partial charge in [-0.25, -0.2) is 0 Å². The number of hydrogen-bond acceptors (Lipinski definition) is 5. The molecule has 5 nitrogen and oxygen atoms in total. The molecule has 0 spiro atoms. The van der Waals surface area contributed by atoms with Crippen molar-refractivity contribution in [3.05, 3.63) is 42.5 Å². The van der Waals surface area contributed by atoms with Crippen LogP contribution in [0.5, 0.6) is 5.75 Å². The van der Waals surface area contributed by atoms with Gasteiger partial charge >= 0.3 is 5.97 Å². The first-order valence-electron chi connectivity index (χ1n) is 8.93. The van der Waals surface area contributed by atoms with Crippen LogP contribution in [0.2, 0.25) is 0 Å². The summed E-state index contributed by atoms with van der Waals surface area (Å²) in [5, 5.41) is 0. The van der Waals surface area contributed by atoms with Crippen molar-refractivity contribution >= 4 is 35.0 Å². The van der Waals surface area contributed by atoms with Crippen molar-refractivity contribution in [1.29, 1.82) is 0 Å². The Balaban J connectivity index is 1.91. The van der Waals surface area contributed by atoms with Crippen molar-refractivity contribution < 1.29 is 14.3 Å². The molecule has 0 radical (unpaired) electrons. The molecule has 0 saturated heterocycles. The van der Waals surface area contributed by atoms with Crippen molar-refractivity contribution in [3.63, 3.8) is 0 Å². The Kier molecular flexibility index (Phi) is 5.75. The summed E-state index contributed by atoms with van der Waals surface area (Å²) < 4.78 is 5.25. The maximum Gasteiger partial charge on any atom is 0.308 e. The van der Waals surface area contributed by atoms with E-state index in [9.17, 15) is 9.59 Å². The maximum atomic E-state index is 11.6. The molecule has 0 N–H and O–H groups in total. The largest absolute Gasteiger partial charge is 0.427 e. The smallest absolute Gasteiger partial charge is 0.308 e. The van der Waals surface area contributed by atoms with E-state index in [-0.39, 0.29) is 17.8 Å². The van der Waals surface area contributed by atoms with Crippen LogP contribution in [0.25, 0.3) is 0 Å². The molecule has 0 aromatic heterocycles. The Morgan fingerprint density at radius 3 is 2.52 bits per heavy atom. The lowest BCUT2D eigenvalue weighted by atomic mass is 10.1. The van der Waals surface area contributed by atoms with Crippen LogP contribution in [0.4, 0.5) is 11.4 Å². The zero-order chi connectivity index (χ0) is 19.6. The predicted molar refractivity (Wildman–Crippen MR) is 108 cm³/mol. The molecule has 1 amide bonds. The molecule has 1 heterocycles. The molecular formula is C21H24N2O3S. The number of rotatable bonds is 5. The van der Waals surface area contributed by atoms with Crippen LogP contribution >= 0.6 is 11.8 Å². The van der Waals surface area contributed by atoms with Crippen molar-refractivity contribution in [3.8, 4) is 5.75 Å². The highest BCUT2D eigenvalue weighted by molar-refractivity contribution is 7.99. The lowest BCUT2D eigenvalue weighted by Gasteiger charge is -2.35. The normalized spacial score (nSPS) is 13.4. The first-order valence-corrected chi connectivity index (χ1v) is 9.75. The molecule has 1 aliphatic rings. The van der Waals surface area contributed by atoms with E-state index in [2.05, 4.69) is 24.0 Å². The van der Waals surface area contributed by atoms with E-state index in [1.165, 1.54) is 6.92 Å². The second kappa shape index (κ2) is 8.05. The number of esters is 1. The van der Waals surface area contributed by atoms with E-state index in [4.69, 9.17) is 4.74 Å². The number of amides is 1. The standard InChI is InChI=1S/C21H24N2O3S/c1-14(12-22(4)15(2)24)13-23-18-7-5-6-8-20(18)27-21-11-17(26-16(3)25)9-10-19(21)23/h5-11,14H,12-13H2,1-4H3. The van der Waals surface area contributed by atoms with Crippen molar-refractivity contribution in [2.45, 2.75) is 30.6 Å². The van der Waals surface area contributed by atoms with Gasteiger partial charge in [0, 0.05) is 43.8 Å². The fourth-order valence-corrected chi connectivity index (χ4v) is 4.33. The quantitative estimate of drug-likeness (QED) is 0.567. The molecule has 2 aromatic rings. The topological polar surface area (TPSA) is 49.9 Å². The van der Waals surface area contributed by atoms with Gasteiger partial charge in [-0.1, -0.05) is 30.8 Å². The average molecular weight is 385 g/mol. The second-order valence-electron chi connectivity index (χ2n) is 6.91. The molecule has 27 heavy (non-hydrogen) atoms. The van der Waals surface area contributed by atoms with Gasteiger partial charge in [-0.05, 0) is 36.2 Å². The van der Waals surface area contributed by atoms with Gasteiger partial charge in [0.25, 0.3) is 0 Å². The molecule has 0 saturated carbocycles. The molecule has 1 unspecified atom stereocenters. The summed E-state index contributed by atoms with van der Waals surface area (Å²) in [5.41, 5.74) is 2.25. The van der Waals surface area contributed by atoms with E-state index >= 15 is 0 Å². The van der Waals surface area contributed by atoms with Gasteiger partial charge in [0.05, 0.1) is 11.4 Å². The highest BCUT2D eigenvalue weighted by Crippen LogP contribution is 2.49. The van der Waals surface area contributed by atoms with Gasteiger partial charge in [0.1, 0.15) is 5.75 Å². The highest BCUT2D eigenvalue weighted by Gasteiger charge is 2.25. The average Bonchev–Trinajstić information content (AvgIpc) is 2.60. The summed E-state index contributed by atoms with van der Waals surface area (Å²) >= 11 is 1.68. The monoisotopic (exact) mass is 384 g/mol. The first-order chi connectivity index (χ1) is 12.8. The van der Waals surface area contributed by atoms with Crippen molar-refractivity contribution in [1.82, 2.24) is 4.90 Å². The zero-order valence-corrected chi connectivity index (χ0v) is 16.9. The van der Waals surface area contributed by atoms with E-state index in [0.29, 0.717) is 12.3 Å². The minimum Gasteiger partial charge on any atom is -0.427 e. The van der Waals surface area contributed by atoms with Gasteiger partial charge in [0.15, 0.2) is 0 Å². The molecule has 3 rings (SSSR count). The minimum absolute atomic E-state index is 0.0721. The summed E-state index contributed by atoms with van der Waals surface area (Å²) in [6, 6.07) is 14.0. The number of hydrogen-bond donors (Lipinski definition) is 0. The Morgan fingerprint density at radius 2 is 1.81 bits per heavy atom. The molecule has 1 atom stereocenters. The van der Waals surface area contributed by atoms with E-state index < -0.39 is 0 Å². The molecule has 1 aliphatic heterocycles. The number of benzene rings is 2. The molecule has 0 bridgehead atoms. The lowest BCUT2D eigenvalue weighted by molar-refractivity contribution is -0.132. The summed E-state index contributed by atoms with van der Waals surface area (Å²) in [5.74, 6) is 0.588. The molecule has 2 aromatic carbocycles. The highest BCUT2D eigenvalue weighted by atomic mass is 32.2. The summed E-state index contributed by atoms with van der Waals surface area (Å²) in [6.07, 6.45) is 0. The van der Waals surface area contributed by atoms with Gasteiger partial charge in [0.2, 0.25) is 5.91 Å². The number of nitrogens with zero attached hydrogens (tertiary/aromatic N) is 2. The Hall–Kier alpha value is -2.47. The fourth-order valence-electron chi connectivity index (χ4n) is 3.21. The van der Waals surface area contributed by atoms with Crippen LogP contribution in [0.1, 0.15) is 20.8 Å². The number of carbonyl (C=O) groups is 2. The van der Waals surface area contributed by atoms with Crippen LogP contribution in [-0.2, 0) is 9.59 Å². The van der Waals surface area contributed by atoms with Gasteiger partial charge in [-0.3, -0.25) is 9.59 Å². The molecular weight excluding hydrogens is 360 g/mol. The van der Waals surface area contributed by atoms with E-state index in [1.54, 1.807) is 23.6 Å². The van der Waals surface area contributed by atoms with Crippen LogP contribution in [0, 0.1) is 5.92 Å². The molecule has 0 aliphatic carbocycles. The number of ether oxygens (including phenoxy) is 1. The summed E-state index contributed by atoms with van der Waals surface area (Å²) in [4.78, 5) is 29.1. The van der Waals surface area contributed by atoms with Gasteiger partial charge < -0.3 is 14.5 Å². The lowest BCUT2D eigenvalue weighted by Crippen LogP contribution is -2.35. The summed E-state index contributed by atoms with van der Waals surface area (Å²) in [6.45, 7) is 6.63. The predicted octanol–water partition coefficient (Wildman–Crippen LogP) is 4.33. The number of carbonyl (C=O) groups excluding carboxylic acids is 2. The third-order valence-electron chi connectivity index (χ3n) is 4.48. The van der Waals surface area contributed by atoms with Crippen LogP contribution in [0.15, 0.2) is 52.3 Å².